The first-order valence-corrected chi connectivity index (χ1v) is 15.6. The number of aliphatic hydroxyl groups is 1. The molecule has 2 saturated heterocycles. The van der Waals surface area contributed by atoms with E-state index in [1.165, 1.54) is 10.4 Å². The molecule has 2 aromatic rings. The molecule has 37 heavy (non-hydrogen) atoms. The van der Waals surface area contributed by atoms with Crippen LogP contribution in [0.15, 0.2) is 60.7 Å². The van der Waals surface area contributed by atoms with Gasteiger partial charge in [0.1, 0.15) is 5.60 Å². The van der Waals surface area contributed by atoms with Gasteiger partial charge in [0.25, 0.3) is 8.32 Å². The van der Waals surface area contributed by atoms with Crippen molar-refractivity contribution in [2.75, 3.05) is 13.2 Å². The van der Waals surface area contributed by atoms with E-state index in [0.29, 0.717) is 13.2 Å². The van der Waals surface area contributed by atoms with Gasteiger partial charge in [0.15, 0.2) is 5.79 Å². The molecule has 2 heterocycles. The molecule has 0 bridgehead atoms. The number of aliphatic hydroxyl groups excluding tert-OH is 1. The molecule has 6 heteroatoms. The van der Waals surface area contributed by atoms with Crippen LogP contribution in [0.3, 0.4) is 0 Å². The second kappa shape index (κ2) is 10.2. The summed E-state index contributed by atoms with van der Waals surface area (Å²) in [5, 5.41) is 14.0. The molecule has 4 rings (SSSR count). The van der Waals surface area contributed by atoms with Crippen LogP contribution >= 0.6 is 0 Å². The van der Waals surface area contributed by atoms with E-state index in [1.54, 1.807) is 0 Å². The molecule has 0 aromatic heterocycles. The highest BCUT2D eigenvalue weighted by molar-refractivity contribution is 6.99. The fraction of sp³-hybridized carbons (Fsp3) is 0.613. The first-order valence-electron chi connectivity index (χ1n) is 13.7. The fourth-order valence-corrected chi connectivity index (χ4v) is 11.0. The zero-order valence-electron chi connectivity index (χ0n) is 23.9. The average Bonchev–Trinajstić information content (AvgIpc) is 3.40. The Kier molecular flexibility index (Phi) is 7.86. The lowest BCUT2D eigenvalue weighted by Gasteiger charge is -2.44. The summed E-state index contributed by atoms with van der Waals surface area (Å²) in [4.78, 5) is 0. The molecule has 0 spiro atoms. The third kappa shape index (κ3) is 5.47. The second-order valence-corrected chi connectivity index (χ2v) is 17.3. The summed E-state index contributed by atoms with van der Waals surface area (Å²) < 4.78 is 25.8. The lowest BCUT2D eigenvalue weighted by molar-refractivity contribution is -0.205. The van der Waals surface area contributed by atoms with Gasteiger partial charge in [0.05, 0.1) is 24.4 Å². The van der Waals surface area contributed by atoms with Crippen molar-refractivity contribution in [1.29, 1.82) is 0 Å². The Morgan fingerprint density at radius 2 is 1.51 bits per heavy atom. The summed E-state index contributed by atoms with van der Waals surface area (Å²) in [7, 11) is -2.67. The molecule has 0 radical (unpaired) electrons. The van der Waals surface area contributed by atoms with E-state index in [2.05, 4.69) is 95.3 Å². The number of hydrogen-bond donors (Lipinski definition) is 1. The van der Waals surface area contributed by atoms with Gasteiger partial charge in [0, 0.05) is 12.5 Å². The maximum absolute atomic E-state index is 11.6. The summed E-state index contributed by atoms with van der Waals surface area (Å²) >= 11 is 0. The summed E-state index contributed by atoms with van der Waals surface area (Å²) in [6.45, 7) is 17.8. The zero-order valence-corrected chi connectivity index (χ0v) is 24.9. The molecular weight excluding hydrogens is 480 g/mol. The molecule has 5 nitrogen and oxygen atoms in total. The van der Waals surface area contributed by atoms with Gasteiger partial charge in [0.2, 0.25) is 0 Å². The van der Waals surface area contributed by atoms with Crippen LogP contribution in [0.5, 0.6) is 0 Å². The van der Waals surface area contributed by atoms with E-state index in [1.807, 2.05) is 20.8 Å². The van der Waals surface area contributed by atoms with E-state index in [-0.39, 0.29) is 17.1 Å². The van der Waals surface area contributed by atoms with Crippen LogP contribution in [0.4, 0.5) is 0 Å². The van der Waals surface area contributed by atoms with E-state index in [9.17, 15) is 5.11 Å². The quantitative estimate of drug-likeness (QED) is 0.489. The Balaban J connectivity index is 1.54. The summed E-state index contributed by atoms with van der Waals surface area (Å²) in [6.07, 6.45) is 0.793. The zero-order chi connectivity index (χ0) is 27.1. The smallest absolute Gasteiger partial charge is 0.261 e. The maximum atomic E-state index is 11.6. The van der Waals surface area contributed by atoms with E-state index in [0.717, 1.165) is 12.8 Å². The van der Waals surface area contributed by atoms with Gasteiger partial charge < -0.3 is 23.7 Å². The van der Waals surface area contributed by atoms with Crippen molar-refractivity contribution in [1.82, 2.24) is 0 Å². The molecule has 1 N–H and O–H groups in total. The average molecular weight is 527 g/mol. The lowest BCUT2D eigenvalue weighted by Crippen LogP contribution is -2.67. The van der Waals surface area contributed by atoms with Crippen LogP contribution < -0.4 is 10.4 Å². The highest BCUT2D eigenvalue weighted by atomic mass is 28.4. The third-order valence-corrected chi connectivity index (χ3v) is 13.3. The minimum absolute atomic E-state index is 0.111. The molecule has 2 aliphatic heterocycles. The molecule has 2 fully saturated rings. The highest BCUT2D eigenvalue weighted by Gasteiger charge is 2.55. The predicted octanol–water partition coefficient (Wildman–Crippen LogP) is 5.04. The molecule has 5 atom stereocenters. The molecule has 0 aliphatic carbocycles. The van der Waals surface area contributed by atoms with Crippen molar-refractivity contribution in [3.63, 3.8) is 0 Å². The summed E-state index contributed by atoms with van der Waals surface area (Å²) in [5.41, 5.74) is -1.19. The Hall–Kier alpha value is -1.54. The Morgan fingerprint density at radius 3 is 1.97 bits per heavy atom. The minimum atomic E-state index is -2.67. The minimum Gasteiger partial charge on any atom is -0.407 e. The summed E-state index contributed by atoms with van der Waals surface area (Å²) in [6, 6.07) is 21.3. The standard InChI is InChI=1S/C31H46O5Si/c1-23(27(32)30(7)20-19-26(35-30)31(8)22-33-29(5,6)36-31)21-34-37(28(2,3)4,24-15-11-9-12-16-24)25-17-13-10-14-18-25/h9-18,23,26-27,32H,19-22H2,1-8H3/t23-,26+,27-,30-,31-/m0/s1. The van der Waals surface area contributed by atoms with E-state index in [4.69, 9.17) is 18.6 Å². The Bertz CT molecular complexity index is 997. The van der Waals surface area contributed by atoms with Crippen molar-refractivity contribution >= 4 is 18.7 Å². The molecule has 0 amide bonds. The van der Waals surface area contributed by atoms with Crippen molar-refractivity contribution in [2.45, 2.75) is 102 Å². The molecule has 2 aliphatic rings. The Labute approximate surface area is 224 Å². The van der Waals surface area contributed by atoms with Crippen LogP contribution in [0.25, 0.3) is 0 Å². The van der Waals surface area contributed by atoms with E-state index >= 15 is 0 Å². The first kappa shape index (κ1) is 28.5. The van der Waals surface area contributed by atoms with E-state index < -0.39 is 31.4 Å². The van der Waals surface area contributed by atoms with Crippen molar-refractivity contribution in [3.8, 4) is 0 Å². The van der Waals surface area contributed by atoms with Gasteiger partial charge in [-0.2, -0.15) is 0 Å². The second-order valence-electron chi connectivity index (χ2n) is 13.0. The molecule has 204 valence electrons. The van der Waals surface area contributed by atoms with Crippen LogP contribution in [-0.2, 0) is 18.6 Å². The van der Waals surface area contributed by atoms with Gasteiger partial charge in [-0.25, -0.2) is 0 Å². The highest BCUT2D eigenvalue weighted by Crippen LogP contribution is 2.45. The molecular formula is C31H46O5Si. The third-order valence-electron chi connectivity index (χ3n) is 8.33. The van der Waals surface area contributed by atoms with Gasteiger partial charge in [-0.15, -0.1) is 0 Å². The topological polar surface area (TPSA) is 57.2 Å². The SMILES string of the molecule is C[C@@H](CO[Si](c1ccccc1)(c1ccccc1)C(C)(C)C)[C@H](O)[C@]1(C)CC[C@H]([C@]2(C)COC(C)(C)O2)O1. The van der Waals surface area contributed by atoms with Gasteiger partial charge >= 0.3 is 0 Å². The monoisotopic (exact) mass is 526 g/mol. The Morgan fingerprint density at radius 1 is 0.973 bits per heavy atom. The van der Waals surface area contributed by atoms with Crippen LogP contribution in [-0.4, -0.2) is 55.8 Å². The van der Waals surface area contributed by atoms with Crippen LogP contribution in [0.2, 0.25) is 5.04 Å². The van der Waals surface area contributed by atoms with Gasteiger partial charge in [-0.3, -0.25) is 0 Å². The largest absolute Gasteiger partial charge is 0.407 e. The van der Waals surface area contributed by atoms with Crippen molar-refractivity contribution < 1.29 is 23.7 Å². The maximum Gasteiger partial charge on any atom is 0.261 e. The van der Waals surface area contributed by atoms with Crippen LogP contribution in [0, 0.1) is 5.92 Å². The number of benzene rings is 2. The number of ether oxygens (including phenoxy) is 3. The summed E-state index contributed by atoms with van der Waals surface area (Å²) in [5.74, 6) is -0.734. The first-order chi connectivity index (χ1) is 17.2. The van der Waals surface area contributed by atoms with Gasteiger partial charge in [-0.05, 0) is 55.9 Å². The predicted molar refractivity (Wildman–Crippen MR) is 151 cm³/mol. The molecule has 0 unspecified atom stereocenters. The number of hydrogen-bond acceptors (Lipinski definition) is 5. The fourth-order valence-electron chi connectivity index (χ4n) is 6.32. The van der Waals surface area contributed by atoms with Gasteiger partial charge in [-0.1, -0.05) is 88.4 Å². The van der Waals surface area contributed by atoms with Crippen molar-refractivity contribution in [3.05, 3.63) is 60.7 Å². The number of rotatable bonds is 8. The van der Waals surface area contributed by atoms with Crippen molar-refractivity contribution in [2.24, 2.45) is 5.92 Å². The van der Waals surface area contributed by atoms with Crippen LogP contribution in [0.1, 0.15) is 68.2 Å². The molecule has 2 aromatic carbocycles. The lowest BCUT2D eigenvalue weighted by atomic mass is 9.87. The normalized spacial score (nSPS) is 29.8. The molecule has 0 saturated carbocycles.